The van der Waals surface area contributed by atoms with Gasteiger partial charge in [-0.05, 0) is 32.4 Å². The molecule has 2 N–H and O–H groups in total. The summed E-state index contributed by atoms with van der Waals surface area (Å²) < 4.78 is 1.18. The lowest BCUT2D eigenvalue weighted by Crippen LogP contribution is -2.46. The number of nitrogens with one attached hydrogen (secondary N) is 1. The van der Waals surface area contributed by atoms with Gasteiger partial charge in [0.15, 0.2) is 0 Å². The van der Waals surface area contributed by atoms with Gasteiger partial charge in [-0.1, -0.05) is 31.9 Å². The van der Waals surface area contributed by atoms with E-state index in [2.05, 4.69) is 16.8 Å². The van der Waals surface area contributed by atoms with E-state index < -0.39 is 10.7 Å². The van der Waals surface area contributed by atoms with Crippen molar-refractivity contribution in [3.63, 3.8) is 0 Å². The lowest BCUT2D eigenvalue weighted by molar-refractivity contribution is -0.138. The summed E-state index contributed by atoms with van der Waals surface area (Å²) in [5.41, 5.74) is 1.41. The molecule has 0 spiro atoms. The number of unbranched alkanes of at least 4 members (excludes halogenated alkanes) is 2. The van der Waals surface area contributed by atoms with Crippen LogP contribution in [0.4, 0.5) is 0 Å². The molecule has 31 heavy (non-hydrogen) atoms. The molecule has 0 bridgehead atoms. The van der Waals surface area contributed by atoms with Crippen molar-refractivity contribution in [1.29, 1.82) is 0 Å². The Balaban J connectivity index is 1.84. The van der Waals surface area contributed by atoms with Gasteiger partial charge in [0, 0.05) is 49.4 Å². The average molecular weight is 445 g/mol. The molecule has 0 saturated carbocycles. The number of carbonyl (C=O) groups excluding carboxylic acids is 1. The smallest absolute Gasteiger partial charge is 0.319 e. The van der Waals surface area contributed by atoms with Crippen molar-refractivity contribution < 1.29 is 14.7 Å². The fourth-order valence-electron chi connectivity index (χ4n) is 3.49. The van der Waals surface area contributed by atoms with Crippen LogP contribution in [0.15, 0.2) is 35.4 Å². The lowest BCUT2D eigenvalue weighted by Gasteiger charge is -2.26. The normalized spacial score (nSPS) is 14.6. The third kappa shape index (κ3) is 5.89. The van der Waals surface area contributed by atoms with Crippen LogP contribution >= 0.6 is 11.8 Å². The summed E-state index contributed by atoms with van der Waals surface area (Å²) in [6, 6.07) is 7.76. The highest BCUT2D eigenvalue weighted by molar-refractivity contribution is 8.01. The molecule has 7 nitrogen and oxygen atoms in total. The number of hydrogen-bond acceptors (Lipinski definition) is 5. The third-order valence-electron chi connectivity index (χ3n) is 5.40. The molecular weight excluding hydrogens is 412 g/mol. The van der Waals surface area contributed by atoms with Crippen LogP contribution in [0.2, 0.25) is 0 Å². The van der Waals surface area contributed by atoms with Gasteiger partial charge in [0.2, 0.25) is 0 Å². The van der Waals surface area contributed by atoms with Crippen LogP contribution in [0.1, 0.15) is 50.5 Å². The summed E-state index contributed by atoms with van der Waals surface area (Å²) in [5.74, 6) is -0.0832. The topological polar surface area (TPSA) is 87.5 Å². The average Bonchev–Trinajstić information content (AvgIpc) is 3.18. The summed E-state index contributed by atoms with van der Waals surface area (Å²) in [7, 11) is 0. The number of imidazole rings is 1. The Morgan fingerprint density at radius 1 is 1.16 bits per heavy atom. The lowest BCUT2D eigenvalue weighted by atomic mass is 10.2. The molecule has 1 aliphatic heterocycles. The molecule has 0 aliphatic carbocycles. The predicted molar refractivity (Wildman–Crippen MR) is 124 cm³/mol. The van der Waals surface area contributed by atoms with Crippen LogP contribution in [0, 0.1) is 0 Å². The maximum atomic E-state index is 13.0. The zero-order valence-electron chi connectivity index (χ0n) is 18.6. The van der Waals surface area contributed by atoms with E-state index in [-0.39, 0.29) is 5.91 Å². The highest BCUT2D eigenvalue weighted by atomic mass is 32.2. The molecule has 0 radical (unpaired) electrons. The van der Waals surface area contributed by atoms with Crippen LogP contribution in [-0.2, 0) is 11.3 Å². The van der Waals surface area contributed by atoms with Crippen molar-refractivity contribution in [1.82, 2.24) is 19.8 Å². The number of carbonyl (C=O) groups is 2. The molecule has 2 aromatic rings. The number of carboxylic acid groups (broad SMARTS) is 1. The number of aliphatic carboxylic acids is 1. The Kier molecular flexibility index (Phi) is 7.78. The number of piperazine rings is 1. The number of aryl methyl sites for hydroxylation is 1. The molecule has 0 atom stereocenters. The number of benzene rings is 1. The molecule has 1 aromatic heterocycles. The van der Waals surface area contributed by atoms with E-state index in [1.165, 1.54) is 11.8 Å². The van der Waals surface area contributed by atoms with Crippen LogP contribution in [0.3, 0.4) is 0 Å². The van der Waals surface area contributed by atoms with Gasteiger partial charge in [-0.2, -0.15) is 0 Å². The minimum atomic E-state index is -0.900. The van der Waals surface area contributed by atoms with Crippen molar-refractivity contribution in [3.8, 4) is 11.4 Å². The second-order valence-corrected chi connectivity index (χ2v) is 10.0. The summed E-state index contributed by atoms with van der Waals surface area (Å²) in [5, 5.41) is 12.6. The Morgan fingerprint density at radius 3 is 2.45 bits per heavy atom. The molecule has 0 unspecified atom stereocenters. The summed E-state index contributed by atoms with van der Waals surface area (Å²) in [4.78, 5) is 31.8. The van der Waals surface area contributed by atoms with E-state index in [0.717, 1.165) is 55.2 Å². The Labute approximate surface area is 188 Å². The van der Waals surface area contributed by atoms with Gasteiger partial charge in [0.25, 0.3) is 5.91 Å². The minimum absolute atomic E-state index is 0.0209. The van der Waals surface area contributed by atoms with E-state index in [1.807, 2.05) is 35.4 Å². The number of carboxylic acids is 1. The van der Waals surface area contributed by atoms with E-state index in [4.69, 9.17) is 4.98 Å². The van der Waals surface area contributed by atoms with Crippen LogP contribution in [-0.4, -0.2) is 62.4 Å². The number of hydrogen-bond donors (Lipinski definition) is 2. The Bertz CT molecular complexity index is 902. The molecular formula is C23H32N4O3S. The molecule has 3 rings (SSSR count). The number of nitrogens with zero attached hydrogens (tertiary/aromatic N) is 3. The Morgan fingerprint density at radius 2 is 1.84 bits per heavy atom. The number of aromatic nitrogens is 2. The molecule has 8 heteroatoms. The maximum absolute atomic E-state index is 13.0. The molecule has 1 fully saturated rings. The van der Waals surface area contributed by atoms with Crippen LogP contribution < -0.4 is 5.32 Å². The largest absolute Gasteiger partial charge is 0.480 e. The highest BCUT2D eigenvalue weighted by Crippen LogP contribution is 2.34. The van der Waals surface area contributed by atoms with E-state index in [9.17, 15) is 14.7 Å². The highest BCUT2D eigenvalue weighted by Gasteiger charge is 2.28. The summed E-state index contributed by atoms with van der Waals surface area (Å²) >= 11 is 1.31. The maximum Gasteiger partial charge on any atom is 0.319 e. The van der Waals surface area contributed by atoms with Gasteiger partial charge in [0.05, 0.1) is 0 Å². The molecule has 1 saturated heterocycles. The standard InChI is InChI=1S/C23H32N4O3S/c1-4-5-6-13-27-16-19(21(28)26-14-11-24-12-15-26)25-20(27)17-7-9-18(10-8-17)31-23(2,3)22(29)30/h7-10,16,24H,4-6,11-15H2,1-3H3,(H,29,30). The second kappa shape index (κ2) is 10.3. The molecule has 1 aromatic carbocycles. The molecule has 168 valence electrons. The van der Waals surface area contributed by atoms with Gasteiger partial charge in [-0.25, -0.2) is 4.98 Å². The second-order valence-electron chi connectivity index (χ2n) is 8.33. The fraction of sp³-hybridized carbons (Fsp3) is 0.522. The van der Waals surface area contributed by atoms with Crippen molar-refractivity contribution in [2.75, 3.05) is 26.2 Å². The van der Waals surface area contributed by atoms with Crippen LogP contribution in [0.5, 0.6) is 0 Å². The SMILES string of the molecule is CCCCCn1cc(C(=O)N2CCNCC2)nc1-c1ccc(SC(C)(C)C(=O)O)cc1. The van der Waals surface area contributed by atoms with E-state index >= 15 is 0 Å². The van der Waals surface area contributed by atoms with Gasteiger partial charge in [-0.15, -0.1) is 11.8 Å². The number of rotatable bonds is 9. The van der Waals surface area contributed by atoms with Gasteiger partial charge in [0.1, 0.15) is 16.3 Å². The monoisotopic (exact) mass is 444 g/mol. The predicted octanol–water partition coefficient (Wildman–Crippen LogP) is 3.74. The quantitative estimate of drug-likeness (QED) is 0.453. The van der Waals surface area contributed by atoms with Crippen molar-refractivity contribution in [2.24, 2.45) is 0 Å². The summed E-state index contributed by atoms with van der Waals surface area (Å²) in [6.07, 6.45) is 5.16. The van der Waals surface area contributed by atoms with Crippen molar-refractivity contribution in [2.45, 2.75) is 56.2 Å². The number of amides is 1. The van der Waals surface area contributed by atoms with E-state index in [0.29, 0.717) is 18.8 Å². The molecule has 1 aliphatic rings. The van der Waals surface area contributed by atoms with Gasteiger partial charge >= 0.3 is 5.97 Å². The Hall–Kier alpha value is -2.32. The first-order valence-electron chi connectivity index (χ1n) is 10.9. The van der Waals surface area contributed by atoms with Crippen molar-refractivity contribution in [3.05, 3.63) is 36.2 Å². The van der Waals surface area contributed by atoms with Crippen molar-refractivity contribution >= 4 is 23.6 Å². The minimum Gasteiger partial charge on any atom is -0.480 e. The van der Waals surface area contributed by atoms with Gasteiger partial charge in [-0.3, -0.25) is 9.59 Å². The zero-order valence-corrected chi connectivity index (χ0v) is 19.4. The molecule has 1 amide bonds. The zero-order chi connectivity index (χ0) is 22.4. The van der Waals surface area contributed by atoms with Gasteiger partial charge < -0.3 is 19.9 Å². The number of thioether (sulfide) groups is 1. The van der Waals surface area contributed by atoms with Crippen LogP contribution in [0.25, 0.3) is 11.4 Å². The first-order valence-corrected chi connectivity index (χ1v) is 11.7. The fourth-order valence-corrected chi connectivity index (χ4v) is 4.44. The van der Waals surface area contributed by atoms with E-state index in [1.54, 1.807) is 13.8 Å². The first-order chi connectivity index (χ1) is 14.8. The molecule has 2 heterocycles. The third-order valence-corrected chi connectivity index (χ3v) is 6.60. The summed E-state index contributed by atoms with van der Waals surface area (Å²) in [6.45, 7) is 9.38. The first kappa shape index (κ1) is 23.3.